The Hall–Kier alpha value is -0.180. The molecular formula is C12H10F13I. The van der Waals surface area contributed by atoms with E-state index in [1.807, 2.05) is 0 Å². The van der Waals surface area contributed by atoms with E-state index in [4.69, 9.17) is 0 Å². The Morgan fingerprint density at radius 2 is 0.923 bits per heavy atom. The quantitative estimate of drug-likeness (QED) is 0.211. The number of alkyl halides is 14. The summed E-state index contributed by atoms with van der Waals surface area (Å²) in [7, 11) is 0. The van der Waals surface area contributed by atoms with Gasteiger partial charge in [0.25, 0.3) is 0 Å². The molecule has 0 nitrogen and oxygen atoms in total. The monoisotopic (exact) mass is 528 g/mol. The van der Waals surface area contributed by atoms with E-state index in [2.05, 4.69) is 0 Å². The summed E-state index contributed by atoms with van der Waals surface area (Å²) in [5, 5.41) is 0. The lowest BCUT2D eigenvalue weighted by Crippen LogP contribution is -2.71. The summed E-state index contributed by atoms with van der Waals surface area (Å²) in [5.41, 5.74) is 0. The van der Waals surface area contributed by atoms with E-state index in [1.165, 1.54) is 22.6 Å². The summed E-state index contributed by atoms with van der Waals surface area (Å²) >= 11 is 1.19. The molecule has 26 heavy (non-hydrogen) atoms. The van der Waals surface area contributed by atoms with Crippen LogP contribution in [0.15, 0.2) is 0 Å². The molecule has 0 N–H and O–H groups in total. The van der Waals surface area contributed by atoms with E-state index in [9.17, 15) is 57.1 Å². The predicted octanol–water partition coefficient (Wildman–Crippen LogP) is 6.72. The van der Waals surface area contributed by atoms with Crippen LogP contribution in [0, 0.1) is 5.92 Å². The molecule has 0 radical (unpaired) electrons. The predicted molar refractivity (Wildman–Crippen MR) is 70.6 cm³/mol. The van der Waals surface area contributed by atoms with Crippen LogP contribution in [0.5, 0.6) is 0 Å². The third-order valence-corrected chi connectivity index (χ3v) is 5.60. The van der Waals surface area contributed by atoms with E-state index in [1.54, 1.807) is 0 Å². The third kappa shape index (κ3) is 3.25. The average Bonchev–Trinajstić information content (AvgIpc) is 2.45. The fraction of sp³-hybridized carbons (Fsp3) is 1.00. The normalized spacial score (nSPS) is 24.7. The van der Waals surface area contributed by atoms with Gasteiger partial charge in [0, 0.05) is 9.84 Å². The van der Waals surface area contributed by atoms with Crippen LogP contribution < -0.4 is 0 Å². The van der Waals surface area contributed by atoms with Crippen molar-refractivity contribution in [2.45, 2.75) is 65.4 Å². The van der Waals surface area contributed by atoms with Gasteiger partial charge in [-0.2, -0.15) is 57.1 Å². The molecule has 0 aromatic carbocycles. The zero-order chi connectivity index (χ0) is 21.0. The van der Waals surface area contributed by atoms with Gasteiger partial charge in [-0.05, 0) is 12.8 Å². The van der Waals surface area contributed by atoms with Crippen molar-refractivity contribution in [2.24, 2.45) is 5.92 Å². The van der Waals surface area contributed by atoms with Crippen LogP contribution >= 0.6 is 22.6 Å². The van der Waals surface area contributed by atoms with Crippen molar-refractivity contribution in [1.82, 2.24) is 0 Å². The molecule has 1 fully saturated rings. The molecule has 0 aliphatic heterocycles. The minimum atomic E-state index is -7.82. The molecule has 14 heteroatoms. The first-order chi connectivity index (χ1) is 11.3. The second-order valence-corrected chi connectivity index (χ2v) is 7.43. The molecule has 0 saturated heterocycles. The Morgan fingerprint density at radius 3 is 1.31 bits per heavy atom. The second-order valence-electron chi connectivity index (χ2n) is 5.83. The summed E-state index contributed by atoms with van der Waals surface area (Å²) in [6.07, 6.45) is -8.27. The van der Waals surface area contributed by atoms with Crippen LogP contribution in [-0.2, 0) is 0 Å². The van der Waals surface area contributed by atoms with Gasteiger partial charge in [0.1, 0.15) is 0 Å². The first kappa shape index (κ1) is 23.9. The fourth-order valence-electron chi connectivity index (χ4n) is 2.51. The van der Waals surface area contributed by atoms with Gasteiger partial charge in [0.15, 0.2) is 0 Å². The van der Waals surface area contributed by atoms with Gasteiger partial charge < -0.3 is 0 Å². The first-order valence-electron chi connectivity index (χ1n) is 6.86. The van der Waals surface area contributed by atoms with Gasteiger partial charge in [-0.15, -0.1) is 0 Å². The second kappa shape index (κ2) is 6.71. The molecule has 1 saturated carbocycles. The van der Waals surface area contributed by atoms with Gasteiger partial charge >= 0.3 is 35.8 Å². The maximum Gasteiger partial charge on any atom is 0.460 e. The van der Waals surface area contributed by atoms with Crippen molar-refractivity contribution in [3.05, 3.63) is 0 Å². The lowest BCUT2D eigenvalue weighted by Gasteiger charge is -2.43. The van der Waals surface area contributed by atoms with Crippen molar-refractivity contribution in [3.8, 4) is 0 Å². The molecule has 156 valence electrons. The number of rotatable bonds is 5. The molecular weight excluding hydrogens is 518 g/mol. The maximum atomic E-state index is 14.0. The topological polar surface area (TPSA) is 0 Å². The summed E-state index contributed by atoms with van der Waals surface area (Å²) in [6.45, 7) is 0. The van der Waals surface area contributed by atoms with E-state index < -0.39 is 52.1 Å². The lowest BCUT2D eigenvalue weighted by molar-refractivity contribution is -0.443. The molecule has 2 atom stereocenters. The highest BCUT2D eigenvalue weighted by Gasteiger charge is 2.91. The van der Waals surface area contributed by atoms with Gasteiger partial charge in [0.2, 0.25) is 0 Å². The Labute approximate surface area is 151 Å². The van der Waals surface area contributed by atoms with Crippen molar-refractivity contribution in [2.75, 3.05) is 0 Å². The molecule has 1 aliphatic rings. The van der Waals surface area contributed by atoms with Crippen molar-refractivity contribution in [3.63, 3.8) is 0 Å². The van der Waals surface area contributed by atoms with Crippen molar-refractivity contribution < 1.29 is 57.1 Å². The van der Waals surface area contributed by atoms with Crippen LogP contribution in [0.4, 0.5) is 57.1 Å². The van der Waals surface area contributed by atoms with Crippen LogP contribution in [0.1, 0.15) is 25.7 Å². The Kier molecular flexibility index (Phi) is 6.16. The van der Waals surface area contributed by atoms with Gasteiger partial charge in [0.05, 0.1) is 0 Å². The highest BCUT2D eigenvalue weighted by atomic mass is 127. The lowest BCUT2D eigenvalue weighted by atomic mass is 9.79. The Bertz CT molecular complexity index is 510. The molecule has 0 amide bonds. The highest BCUT2D eigenvalue weighted by molar-refractivity contribution is 14.1. The molecule has 1 aliphatic carbocycles. The van der Waals surface area contributed by atoms with Crippen LogP contribution in [0.3, 0.4) is 0 Å². The summed E-state index contributed by atoms with van der Waals surface area (Å²) in [5.74, 6) is -38.9. The molecule has 0 spiro atoms. The zero-order valence-electron chi connectivity index (χ0n) is 12.3. The van der Waals surface area contributed by atoms with Gasteiger partial charge in [-0.1, -0.05) is 35.4 Å². The fourth-order valence-corrected chi connectivity index (χ4v) is 3.76. The molecule has 1 rings (SSSR count). The number of halogens is 14. The number of hydrogen-bond donors (Lipinski definition) is 0. The molecule has 0 heterocycles. The maximum absolute atomic E-state index is 14.0. The molecule has 0 aromatic rings. The minimum absolute atomic E-state index is 0.156. The zero-order valence-corrected chi connectivity index (χ0v) is 14.4. The largest absolute Gasteiger partial charge is 0.460 e. The van der Waals surface area contributed by atoms with Crippen LogP contribution in [0.2, 0.25) is 0 Å². The molecule has 0 bridgehead atoms. The van der Waals surface area contributed by atoms with Crippen LogP contribution in [0.25, 0.3) is 0 Å². The standard InChI is InChI=1S/C12H10F13I/c13-7(14,5-3-1-2-4-6(5)26)8(15,16)9(17,18)10(19,20)11(21,22)12(23,24)25/h5-6H,1-4H2. The first-order valence-corrected chi connectivity index (χ1v) is 8.11. The van der Waals surface area contributed by atoms with Crippen molar-refractivity contribution >= 4 is 22.6 Å². The van der Waals surface area contributed by atoms with Gasteiger partial charge in [-0.25, -0.2) is 0 Å². The summed E-state index contributed by atoms with van der Waals surface area (Å²) in [6, 6.07) is 0. The highest BCUT2D eigenvalue weighted by Crippen LogP contribution is 2.62. The minimum Gasteiger partial charge on any atom is -0.199 e. The summed E-state index contributed by atoms with van der Waals surface area (Å²) < 4.78 is 168. The number of hydrogen-bond acceptors (Lipinski definition) is 0. The molecule has 2 unspecified atom stereocenters. The van der Waals surface area contributed by atoms with Gasteiger partial charge in [-0.3, -0.25) is 0 Å². The van der Waals surface area contributed by atoms with E-state index in [-0.39, 0.29) is 19.3 Å². The average molecular weight is 528 g/mol. The van der Waals surface area contributed by atoms with E-state index >= 15 is 0 Å². The van der Waals surface area contributed by atoms with Crippen LogP contribution in [-0.4, -0.2) is 39.7 Å². The van der Waals surface area contributed by atoms with Crippen molar-refractivity contribution in [1.29, 1.82) is 0 Å². The van der Waals surface area contributed by atoms with E-state index in [0.717, 1.165) is 0 Å². The van der Waals surface area contributed by atoms with E-state index in [0.29, 0.717) is 0 Å². The SMILES string of the molecule is FC(F)(F)C(F)(F)C(F)(F)C(F)(F)C(F)(F)C(F)(F)C1CCCCC1I. The smallest absolute Gasteiger partial charge is 0.199 e. The Morgan fingerprint density at radius 1 is 0.538 bits per heavy atom. The third-order valence-electron chi connectivity index (χ3n) is 4.10. The molecule has 0 aromatic heterocycles. The Balaban J connectivity index is 3.43. The summed E-state index contributed by atoms with van der Waals surface area (Å²) in [4.78, 5) is 0.